The van der Waals surface area contributed by atoms with Crippen LogP contribution in [0.25, 0.3) is 33.4 Å². The van der Waals surface area contributed by atoms with E-state index >= 15 is 4.79 Å². The molecule has 0 saturated heterocycles. The molecule has 1 saturated carbocycles. The normalized spacial score (nSPS) is 16.9. The molecule has 2 aliphatic rings. The third-order valence-electron chi connectivity index (χ3n) is 8.88. The van der Waals surface area contributed by atoms with Crippen LogP contribution >= 0.6 is 0 Å². The number of nitrogens with zero attached hydrogens (tertiary/aromatic N) is 1. The lowest BCUT2D eigenvalue weighted by Gasteiger charge is -2.47. The Hall–Kier alpha value is -4.22. The number of carbonyl (C=O) groups excluding carboxylic acids is 2. The molecule has 0 spiro atoms. The van der Waals surface area contributed by atoms with Gasteiger partial charge < -0.3 is 16.0 Å². The fourth-order valence-electron chi connectivity index (χ4n) is 7.02. The predicted molar refractivity (Wildman–Crippen MR) is 165 cm³/mol. The van der Waals surface area contributed by atoms with Crippen molar-refractivity contribution in [1.29, 1.82) is 0 Å². The summed E-state index contributed by atoms with van der Waals surface area (Å²) >= 11 is 0. The minimum Gasteiger partial charge on any atom is -0.336 e. The van der Waals surface area contributed by atoms with Gasteiger partial charge in [-0.15, -0.1) is 0 Å². The second-order valence-corrected chi connectivity index (χ2v) is 11.2. The number of benzene rings is 4. The summed E-state index contributed by atoms with van der Waals surface area (Å²) in [6.45, 7) is 0.988. The van der Waals surface area contributed by atoms with Crippen LogP contribution in [0.3, 0.4) is 0 Å². The average molecular weight is 544 g/mol. The summed E-state index contributed by atoms with van der Waals surface area (Å²) in [5.74, 6) is -0.447. The molecule has 2 aliphatic carbocycles. The fourth-order valence-corrected chi connectivity index (χ4v) is 7.02. The molecule has 0 bridgehead atoms. The molecule has 5 nitrogen and oxygen atoms in total. The van der Waals surface area contributed by atoms with Gasteiger partial charge in [-0.2, -0.15) is 0 Å². The highest BCUT2D eigenvalue weighted by Crippen LogP contribution is 2.51. The topological polar surface area (TPSA) is 75.4 Å². The van der Waals surface area contributed by atoms with Gasteiger partial charge in [0, 0.05) is 6.54 Å². The van der Waals surface area contributed by atoms with Gasteiger partial charge in [-0.25, -0.2) is 0 Å². The van der Waals surface area contributed by atoms with Crippen molar-refractivity contribution in [3.05, 3.63) is 108 Å². The fraction of sp³-hybridized carbons (Fsp3) is 0.278. The van der Waals surface area contributed by atoms with E-state index in [4.69, 9.17) is 5.73 Å². The van der Waals surface area contributed by atoms with E-state index in [0.717, 1.165) is 83.0 Å². The Morgan fingerprint density at radius 3 is 2.10 bits per heavy atom. The highest BCUT2D eigenvalue weighted by Gasteiger charge is 2.45. The van der Waals surface area contributed by atoms with Crippen LogP contribution in [-0.4, -0.2) is 36.0 Å². The van der Waals surface area contributed by atoms with Gasteiger partial charge in [0.2, 0.25) is 12.3 Å². The van der Waals surface area contributed by atoms with Crippen molar-refractivity contribution in [3.8, 4) is 33.4 Å². The molecule has 2 amide bonds. The van der Waals surface area contributed by atoms with Crippen LogP contribution in [0.15, 0.2) is 97.1 Å². The summed E-state index contributed by atoms with van der Waals surface area (Å²) in [4.78, 5) is 28.9. The van der Waals surface area contributed by atoms with E-state index in [9.17, 15) is 4.79 Å². The maximum absolute atomic E-state index is 15.0. The molecule has 1 atom stereocenters. The Bertz CT molecular complexity index is 1540. The Morgan fingerprint density at radius 1 is 0.780 bits per heavy atom. The molecular formula is C36H37N3O2. The van der Waals surface area contributed by atoms with E-state index in [1.807, 2.05) is 23.1 Å². The minimum atomic E-state index is -0.694. The van der Waals surface area contributed by atoms with E-state index in [1.165, 1.54) is 0 Å². The van der Waals surface area contributed by atoms with Crippen LogP contribution in [0.1, 0.15) is 55.6 Å². The number of nitrogens with one attached hydrogen (secondary N) is 1. The summed E-state index contributed by atoms with van der Waals surface area (Å²) in [5.41, 5.74) is 14.0. The third-order valence-corrected chi connectivity index (χ3v) is 8.88. The lowest BCUT2D eigenvalue weighted by molar-refractivity contribution is -0.143. The lowest BCUT2D eigenvalue weighted by Crippen LogP contribution is -2.62. The first-order valence-corrected chi connectivity index (χ1v) is 14.8. The zero-order valence-corrected chi connectivity index (χ0v) is 23.4. The second kappa shape index (κ2) is 11.7. The molecule has 1 unspecified atom stereocenters. The monoisotopic (exact) mass is 543 g/mol. The van der Waals surface area contributed by atoms with Crippen LogP contribution in [0.5, 0.6) is 0 Å². The van der Waals surface area contributed by atoms with Gasteiger partial charge in [0.15, 0.2) is 0 Å². The molecule has 0 aliphatic heterocycles. The van der Waals surface area contributed by atoms with Crippen molar-refractivity contribution in [3.63, 3.8) is 0 Å². The summed E-state index contributed by atoms with van der Waals surface area (Å²) in [6.07, 6.45) is 6.00. The lowest BCUT2D eigenvalue weighted by atomic mass is 9.83. The Kier molecular flexibility index (Phi) is 7.71. The van der Waals surface area contributed by atoms with Crippen molar-refractivity contribution >= 4 is 12.3 Å². The zero-order chi connectivity index (χ0) is 28.2. The standard InChI is InChI=1S/C36H37N3O2/c37-23-12-24-39(36(38-25-40)21-9-2-10-22-36)35(41)34-32-18-8-7-17-29(32)31-20-11-19-30(33(31)34)28-16-6-5-15-27(28)26-13-3-1-4-14-26/h1,3-8,11,13-20,25,34H,2,9-10,12,21-24,37H2,(H,38,40). The number of fused-ring (bicyclic) bond motifs is 3. The van der Waals surface area contributed by atoms with E-state index in [2.05, 4.69) is 84.2 Å². The van der Waals surface area contributed by atoms with Crippen LogP contribution in [0, 0.1) is 0 Å². The Labute approximate surface area is 242 Å². The van der Waals surface area contributed by atoms with E-state index in [-0.39, 0.29) is 5.91 Å². The smallest absolute Gasteiger partial charge is 0.236 e. The minimum absolute atomic E-state index is 0.0329. The van der Waals surface area contributed by atoms with Gasteiger partial charge in [0.1, 0.15) is 5.66 Å². The maximum Gasteiger partial charge on any atom is 0.236 e. The van der Waals surface area contributed by atoms with Crippen molar-refractivity contribution in [2.24, 2.45) is 5.73 Å². The molecule has 208 valence electrons. The van der Waals surface area contributed by atoms with Crippen molar-refractivity contribution in [2.75, 3.05) is 13.1 Å². The second-order valence-electron chi connectivity index (χ2n) is 11.2. The molecule has 1 fully saturated rings. The molecule has 41 heavy (non-hydrogen) atoms. The first kappa shape index (κ1) is 27.0. The predicted octanol–water partition coefficient (Wildman–Crippen LogP) is 6.72. The number of nitrogens with two attached hydrogens (primary N) is 1. The molecular weight excluding hydrogens is 506 g/mol. The van der Waals surface area contributed by atoms with Crippen LogP contribution in [-0.2, 0) is 9.59 Å². The molecule has 0 aromatic heterocycles. The van der Waals surface area contributed by atoms with Crippen molar-refractivity contribution in [2.45, 2.75) is 50.1 Å². The number of amides is 2. The molecule has 0 radical (unpaired) electrons. The van der Waals surface area contributed by atoms with Gasteiger partial charge in [0.05, 0.1) is 5.92 Å². The number of hydrogen-bond donors (Lipinski definition) is 2. The molecule has 4 aromatic rings. The summed E-state index contributed by atoms with van der Waals surface area (Å²) in [7, 11) is 0. The van der Waals surface area contributed by atoms with E-state index in [0.29, 0.717) is 19.5 Å². The first-order chi connectivity index (χ1) is 20.2. The van der Waals surface area contributed by atoms with Crippen LogP contribution in [0.2, 0.25) is 0 Å². The molecule has 3 N–H and O–H groups in total. The Balaban J connectivity index is 1.54. The van der Waals surface area contributed by atoms with Gasteiger partial charge in [-0.05, 0) is 83.2 Å². The van der Waals surface area contributed by atoms with Crippen LogP contribution < -0.4 is 11.1 Å². The summed E-state index contributed by atoms with van der Waals surface area (Å²) < 4.78 is 0. The summed E-state index contributed by atoms with van der Waals surface area (Å²) in [6, 6.07) is 33.5. The highest BCUT2D eigenvalue weighted by molar-refractivity contribution is 6.01. The van der Waals surface area contributed by atoms with Gasteiger partial charge >= 0.3 is 0 Å². The average Bonchev–Trinajstić information content (AvgIpc) is 3.37. The SMILES string of the molecule is NCCCN(C(=O)C1c2ccccc2-c2cccc(-c3ccccc3-c3ccccc3)c21)C1(NC=O)CCCCC1. The van der Waals surface area contributed by atoms with Crippen molar-refractivity contribution in [1.82, 2.24) is 10.2 Å². The van der Waals surface area contributed by atoms with Gasteiger partial charge in [-0.3, -0.25) is 9.59 Å². The number of hydrogen-bond acceptors (Lipinski definition) is 3. The molecule has 0 heterocycles. The largest absolute Gasteiger partial charge is 0.336 e. The van der Waals surface area contributed by atoms with Crippen LogP contribution in [0.4, 0.5) is 0 Å². The number of carbonyl (C=O) groups is 2. The Morgan fingerprint density at radius 2 is 1.39 bits per heavy atom. The maximum atomic E-state index is 15.0. The van der Waals surface area contributed by atoms with Gasteiger partial charge in [0.25, 0.3) is 0 Å². The quantitative estimate of drug-likeness (QED) is 0.182. The molecule has 4 aromatic carbocycles. The molecule has 6 rings (SSSR count). The number of rotatable bonds is 9. The summed E-state index contributed by atoms with van der Waals surface area (Å²) in [5, 5.41) is 3.12. The van der Waals surface area contributed by atoms with Crippen molar-refractivity contribution < 1.29 is 9.59 Å². The molecule has 5 heteroatoms. The zero-order valence-electron chi connectivity index (χ0n) is 23.4. The van der Waals surface area contributed by atoms with E-state index in [1.54, 1.807) is 0 Å². The van der Waals surface area contributed by atoms with E-state index < -0.39 is 11.6 Å². The third kappa shape index (κ3) is 4.85. The first-order valence-electron chi connectivity index (χ1n) is 14.8. The highest BCUT2D eigenvalue weighted by atomic mass is 16.2. The van der Waals surface area contributed by atoms with Gasteiger partial charge in [-0.1, -0.05) is 103 Å².